The number of carbonyl (C=O) groups is 1. The van der Waals surface area contributed by atoms with Crippen molar-refractivity contribution in [3.63, 3.8) is 0 Å². The maximum atomic E-state index is 11.8. The zero-order valence-electron chi connectivity index (χ0n) is 12.3. The fourth-order valence-electron chi connectivity index (χ4n) is 1.92. The third-order valence-electron chi connectivity index (χ3n) is 3.32. The van der Waals surface area contributed by atoms with Crippen molar-refractivity contribution < 1.29 is 19.4 Å². The lowest BCUT2D eigenvalue weighted by molar-refractivity contribution is -0.152. The minimum Gasteiger partial charge on any atom is -0.504 e. The van der Waals surface area contributed by atoms with Crippen molar-refractivity contribution in [2.45, 2.75) is 19.9 Å². The largest absolute Gasteiger partial charge is 0.504 e. The lowest BCUT2D eigenvalue weighted by Gasteiger charge is -2.30. The molecule has 3 N–H and O–H groups in total. The Kier molecular flexibility index (Phi) is 6.49. The van der Waals surface area contributed by atoms with Crippen LogP contribution < -0.4 is 10.5 Å². The predicted octanol–water partition coefficient (Wildman–Crippen LogP) is 1.89. The molecule has 0 unspecified atom stereocenters. The molecular formula is C14H19ClN2O4. The normalized spacial score (nSPS) is 11.8. The summed E-state index contributed by atoms with van der Waals surface area (Å²) < 4.78 is 9.72. The Bertz CT molecular complexity index is 567. The molecule has 0 amide bonds. The number of carbonyl (C=O) groups excluding carboxylic acids is 1. The molecule has 0 spiro atoms. The third-order valence-corrected chi connectivity index (χ3v) is 3.32. The van der Waals surface area contributed by atoms with Gasteiger partial charge < -0.3 is 20.3 Å². The monoisotopic (exact) mass is 314 g/mol. The van der Waals surface area contributed by atoms with Crippen LogP contribution in [0.3, 0.4) is 0 Å². The average Bonchev–Trinajstić information content (AvgIpc) is 2.44. The predicted molar refractivity (Wildman–Crippen MR) is 79.3 cm³/mol. The number of aromatic hydroxyl groups is 1. The van der Waals surface area contributed by atoms with Gasteiger partial charge in [0.2, 0.25) is 0 Å². The van der Waals surface area contributed by atoms with Crippen molar-refractivity contribution in [3.05, 3.63) is 23.3 Å². The first-order valence-electron chi connectivity index (χ1n) is 5.95. The van der Waals surface area contributed by atoms with Crippen molar-refractivity contribution in [3.8, 4) is 17.6 Å². The molecule has 1 aromatic rings. The summed E-state index contributed by atoms with van der Waals surface area (Å²) >= 11 is 0. The van der Waals surface area contributed by atoms with Gasteiger partial charge in [-0.2, -0.15) is 5.26 Å². The summed E-state index contributed by atoms with van der Waals surface area (Å²) in [5.41, 5.74) is 5.33. The Morgan fingerprint density at radius 1 is 1.43 bits per heavy atom. The number of hydrogen-bond acceptors (Lipinski definition) is 6. The van der Waals surface area contributed by atoms with E-state index in [2.05, 4.69) is 0 Å². The highest BCUT2D eigenvalue weighted by Crippen LogP contribution is 2.42. The van der Waals surface area contributed by atoms with E-state index in [9.17, 15) is 9.90 Å². The molecule has 7 heteroatoms. The molecule has 0 heterocycles. The van der Waals surface area contributed by atoms with Crippen LogP contribution >= 0.6 is 12.4 Å². The van der Waals surface area contributed by atoms with Crippen LogP contribution in [0.5, 0.6) is 11.5 Å². The van der Waals surface area contributed by atoms with Crippen molar-refractivity contribution in [2.24, 2.45) is 11.1 Å². The Labute approximate surface area is 129 Å². The van der Waals surface area contributed by atoms with Crippen LogP contribution in [-0.2, 0) is 9.53 Å². The van der Waals surface area contributed by atoms with Gasteiger partial charge in [-0.1, -0.05) is 0 Å². The molecule has 0 saturated carbocycles. The molecular weight excluding hydrogens is 296 g/mol. The molecule has 1 atom stereocenters. The van der Waals surface area contributed by atoms with Gasteiger partial charge in [0.1, 0.15) is 0 Å². The van der Waals surface area contributed by atoms with Gasteiger partial charge in [-0.25, -0.2) is 0 Å². The summed E-state index contributed by atoms with van der Waals surface area (Å²) in [7, 11) is 2.65. The van der Waals surface area contributed by atoms with E-state index in [1.165, 1.54) is 26.4 Å². The zero-order chi connectivity index (χ0) is 15.5. The first kappa shape index (κ1) is 19.0. The van der Waals surface area contributed by atoms with Gasteiger partial charge in [0.15, 0.2) is 11.5 Å². The summed E-state index contributed by atoms with van der Waals surface area (Å²) in [5.74, 6) is -0.581. The van der Waals surface area contributed by atoms with E-state index in [-0.39, 0.29) is 35.0 Å². The molecule has 116 valence electrons. The molecule has 1 aromatic carbocycles. The summed E-state index contributed by atoms with van der Waals surface area (Å²) in [6.45, 7) is 3.17. The van der Waals surface area contributed by atoms with E-state index in [0.29, 0.717) is 0 Å². The minimum absolute atomic E-state index is 0. The number of halogens is 1. The summed E-state index contributed by atoms with van der Waals surface area (Å²) in [4.78, 5) is 11.8. The maximum absolute atomic E-state index is 11.8. The van der Waals surface area contributed by atoms with Crippen LogP contribution in [0, 0.1) is 16.7 Å². The number of nitriles is 1. The Hall–Kier alpha value is -1.97. The fraction of sp³-hybridized carbons (Fsp3) is 0.429. The van der Waals surface area contributed by atoms with Gasteiger partial charge >= 0.3 is 5.97 Å². The first-order valence-corrected chi connectivity index (χ1v) is 5.95. The quantitative estimate of drug-likeness (QED) is 0.822. The van der Waals surface area contributed by atoms with Crippen LogP contribution in [0.25, 0.3) is 0 Å². The van der Waals surface area contributed by atoms with Crippen molar-refractivity contribution in [1.82, 2.24) is 0 Å². The maximum Gasteiger partial charge on any atom is 0.313 e. The van der Waals surface area contributed by atoms with Crippen LogP contribution in [0.15, 0.2) is 12.1 Å². The van der Waals surface area contributed by atoms with E-state index in [0.717, 1.165) is 0 Å². The van der Waals surface area contributed by atoms with Crippen LogP contribution in [0.1, 0.15) is 31.0 Å². The number of nitrogens with zero attached hydrogens (tertiary/aromatic N) is 1. The third kappa shape index (κ3) is 3.38. The topological polar surface area (TPSA) is 106 Å². The van der Waals surface area contributed by atoms with Crippen molar-refractivity contribution >= 4 is 18.4 Å². The van der Waals surface area contributed by atoms with Crippen LogP contribution in [-0.4, -0.2) is 25.3 Å². The van der Waals surface area contributed by atoms with Gasteiger partial charge in [0.05, 0.1) is 37.3 Å². The molecule has 21 heavy (non-hydrogen) atoms. The van der Waals surface area contributed by atoms with E-state index in [1.807, 2.05) is 6.07 Å². The Balaban J connectivity index is 0.00000400. The highest BCUT2D eigenvalue weighted by Gasteiger charge is 2.39. The number of ether oxygens (including phenoxy) is 2. The van der Waals surface area contributed by atoms with E-state index in [4.69, 9.17) is 20.5 Å². The van der Waals surface area contributed by atoms with Gasteiger partial charge in [-0.3, -0.25) is 4.79 Å². The van der Waals surface area contributed by atoms with E-state index >= 15 is 0 Å². The number of hydrogen-bond donors (Lipinski definition) is 2. The number of methoxy groups -OCH3 is 2. The summed E-state index contributed by atoms with van der Waals surface area (Å²) in [6, 6.07) is 3.99. The van der Waals surface area contributed by atoms with Crippen molar-refractivity contribution in [1.29, 1.82) is 5.26 Å². The molecule has 0 fully saturated rings. The van der Waals surface area contributed by atoms with Gasteiger partial charge in [0, 0.05) is 5.56 Å². The Morgan fingerprint density at radius 3 is 2.43 bits per heavy atom. The molecule has 0 aliphatic rings. The molecule has 0 saturated heterocycles. The van der Waals surface area contributed by atoms with Crippen LogP contribution in [0.2, 0.25) is 0 Å². The minimum atomic E-state index is -1.11. The van der Waals surface area contributed by atoms with Crippen molar-refractivity contribution in [2.75, 3.05) is 14.2 Å². The summed E-state index contributed by atoms with van der Waals surface area (Å²) in [5, 5.41) is 19.3. The standard InChI is InChI=1S/C14H18N2O4.ClH/c1-14(2,13(18)20-4)12(16)10-8(7-15)5-6-9(19-3)11(10)17;/h5-6,12,17H,16H2,1-4H3;1H/t12-;/m0./s1. The number of rotatable bonds is 4. The number of phenols is 1. The van der Waals surface area contributed by atoms with Crippen LogP contribution in [0.4, 0.5) is 0 Å². The second-order valence-corrected chi connectivity index (χ2v) is 4.88. The second kappa shape index (κ2) is 7.16. The SMILES string of the molecule is COC(=O)C(C)(C)[C@@H](N)c1c(C#N)ccc(OC)c1O.Cl. The Morgan fingerprint density at radius 2 is 2.00 bits per heavy atom. The molecule has 0 aliphatic carbocycles. The lowest BCUT2D eigenvalue weighted by Crippen LogP contribution is -2.37. The molecule has 0 radical (unpaired) electrons. The first-order chi connectivity index (χ1) is 9.31. The molecule has 0 bridgehead atoms. The number of esters is 1. The lowest BCUT2D eigenvalue weighted by atomic mass is 9.79. The highest BCUT2D eigenvalue weighted by atomic mass is 35.5. The highest BCUT2D eigenvalue weighted by molar-refractivity contribution is 5.85. The average molecular weight is 315 g/mol. The van der Waals surface area contributed by atoms with Gasteiger partial charge in [-0.05, 0) is 26.0 Å². The fourth-order valence-corrected chi connectivity index (χ4v) is 1.92. The number of phenolic OH excluding ortho intramolecular Hbond substituents is 1. The molecule has 0 aliphatic heterocycles. The molecule has 6 nitrogen and oxygen atoms in total. The van der Waals surface area contributed by atoms with Gasteiger partial charge in [-0.15, -0.1) is 12.4 Å². The van der Waals surface area contributed by atoms with E-state index in [1.54, 1.807) is 13.8 Å². The summed E-state index contributed by atoms with van der Waals surface area (Å²) in [6.07, 6.45) is 0. The second-order valence-electron chi connectivity index (χ2n) is 4.88. The van der Waals surface area contributed by atoms with E-state index < -0.39 is 17.4 Å². The number of benzene rings is 1. The smallest absolute Gasteiger partial charge is 0.313 e. The zero-order valence-corrected chi connectivity index (χ0v) is 13.2. The molecule has 1 rings (SSSR count). The number of nitrogens with two attached hydrogens (primary N) is 1. The molecule has 0 aromatic heterocycles. The van der Waals surface area contributed by atoms with Gasteiger partial charge in [0.25, 0.3) is 0 Å².